The molecule has 25 N–H and O–H groups in total. The Morgan fingerprint density at radius 1 is 0.503 bits per heavy atom. The van der Waals surface area contributed by atoms with Crippen LogP contribution in [0.3, 0.4) is 0 Å². The predicted molar refractivity (Wildman–Crippen MR) is 530 cm³/mol. The summed E-state index contributed by atoms with van der Waals surface area (Å²) in [6, 6.07) is 21.3. The number of piperidine rings is 4. The molecule has 9 aliphatic rings. The molecule has 0 saturated carbocycles. The molecule has 5 saturated heterocycles. The van der Waals surface area contributed by atoms with Crippen molar-refractivity contribution in [2.45, 2.75) is 151 Å². The van der Waals surface area contributed by atoms with Gasteiger partial charge in [-0.05, 0) is 87.6 Å². The zero-order valence-corrected chi connectivity index (χ0v) is 82.6. The maximum Gasteiger partial charge on any atom is 0.422 e. The summed E-state index contributed by atoms with van der Waals surface area (Å²) in [5.74, 6) is -2.75. The largest absolute Gasteiger partial charge is 0.468 e. The van der Waals surface area contributed by atoms with Gasteiger partial charge in [-0.3, -0.25) is 89.2 Å². The zero-order chi connectivity index (χ0) is 104. The van der Waals surface area contributed by atoms with Gasteiger partial charge in [0, 0.05) is 113 Å². The highest BCUT2D eigenvalue weighted by molar-refractivity contribution is 6.33. The zero-order valence-electron chi connectivity index (χ0n) is 78.8. The summed E-state index contributed by atoms with van der Waals surface area (Å²) in [4.78, 5) is 188. The highest BCUT2D eigenvalue weighted by atomic mass is 35.5. The number of halogens is 8. The van der Waals surface area contributed by atoms with Crippen molar-refractivity contribution in [3.05, 3.63) is 156 Å². The Balaban J connectivity index is 0.000000153. The van der Waals surface area contributed by atoms with Gasteiger partial charge in [0.2, 0.25) is 35.4 Å². The maximum absolute atomic E-state index is 13.2. The minimum Gasteiger partial charge on any atom is -0.468 e. The lowest BCUT2D eigenvalue weighted by Gasteiger charge is -2.40. The third kappa shape index (κ3) is 26.8. The number of hydrogen-bond donors (Lipinski definition) is 17. The molecule has 9 aliphatic heterocycles. The number of likely N-dealkylation sites (tertiary alicyclic amines) is 5. The van der Waals surface area contributed by atoms with Crippen LogP contribution in [-0.2, 0) is 42.4 Å². The summed E-state index contributed by atoms with van der Waals surface area (Å²) in [5, 5.41) is 30.7. The van der Waals surface area contributed by atoms with Gasteiger partial charge in [-0.25, -0.2) is 44.9 Å². The molecule has 48 nitrogen and oxygen atoms in total. The van der Waals surface area contributed by atoms with Crippen LogP contribution < -0.4 is 98.5 Å². The third-order valence-corrected chi connectivity index (χ3v) is 26.8. The number of ether oxygens (including phenoxy) is 1. The Bertz CT molecular complexity index is 6390. The second-order valence-electron chi connectivity index (χ2n) is 36.9. The molecule has 15 heterocycles. The van der Waals surface area contributed by atoms with E-state index in [9.17, 15) is 61.1 Å². The number of carbonyl (C=O) groups is 10. The van der Waals surface area contributed by atoms with Crippen LogP contribution in [-0.4, -0.2) is 277 Å². The first-order chi connectivity index (χ1) is 68.7. The van der Waals surface area contributed by atoms with Crippen molar-refractivity contribution < 1.29 is 70.4 Å². The van der Waals surface area contributed by atoms with Crippen molar-refractivity contribution in [2.75, 3.05) is 138 Å². The van der Waals surface area contributed by atoms with Crippen molar-refractivity contribution in [3.63, 3.8) is 0 Å². The first-order valence-corrected chi connectivity index (χ1v) is 47.6. The van der Waals surface area contributed by atoms with E-state index in [1.165, 1.54) is 18.3 Å². The van der Waals surface area contributed by atoms with E-state index in [1.807, 2.05) is 86.0 Å². The highest BCUT2D eigenvalue weighted by Crippen LogP contribution is 2.35. The molecule has 0 radical (unpaired) electrons. The molecule has 17 rings (SSSR count). The molecule has 56 heteroatoms. The Kier molecular flexibility index (Phi) is 32.6. The first-order valence-electron chi connectivity index (χ1n) is 45.7. The minimum absolute atomic E-state index is 0.00599. The smallest absolute Gasteiger partial charge is 0.422 e. The average molecular weight is 2110 g/mol. The van der Waals surface area contributed by atoms with Crippen molar-refractivity contribution in [2.24, 2.45) is 25.9 Å². The molecule has 0 aliphatic carbocycles. The van der Waals surface area contributed by atoms with Crippen molar-refractivity contribution >= 4 is 187 Å². The molecule has 5 fully saturated rings. The van der Waals surface area contributed by atoms with Gasteiger partial charge in [0.25, 0.3) is 29.5 Å². The molecule has 6 aromatic heterocycles. The maximum atomic E-state index is 13.2. The fraction of sp³-hybridized carbons (Fsp3) is 0.438. The lowest BCUT2D eigenvalue weighted by atomic mass is 9.87. The molecule has 1 unspecified atom stereocenters. The average Bonchev–Trinajstić information content (AvgIpc) is 1.74. The molecular formula is C89H106Cl5F3N36O12. The number of nitrogens with one attached hydrogen (secondary N) is 9. The quantitative estimate of drug-likeness (QED) is 0.0614. The summed E-state index contributed by atoms with van der Waals surface area (Å²) in [6.07, 6.45) is 2.40. The number of carbonyl (C=O) groups excluding carboxylic acids is 10. The summed E-state index contributed by atoms with van der Waals surface area (Å²) in [7, 11) is 0. The first kappa shape index (κ1) is 106. The number of nitrogens with two attached hydrogens (primary N) is 8. The van der Waals surface area contributed by atoms with E-state index >= 15 is 0 Å². The number of guanidine groups is 4. The number of rotatable bonds is 17. The van der Waals surface area contributed by atoms with Crippen LogP contribution in [0.1, 0.15) is 179 Å². The lowest BCUT2D eigenvalue weighted by molar-refractivity contribution is -0.154. The van der Waals surface area contributed by atoms with E-state index in [4.69, 9.17) is 108 Å². The van der Waals surface area contributed by atoms with Gasteiger partial charge in [0.15, 0.2) is 120 Å². The lowest BCUT2D eigenvalue weighted by Crippen LogP contribution is -2.57. The molecule has 2 atom stereocenters. The van der Waals surface area contributed by atoms with Gasteiger partial charge in [-0.1, -0.05) is 126 Å². The summed E-state index contributed by atoms with van der Waals surface area (Å²) in [5.41, 5.74) is 45.9. The fourth-order valence-electron chi connectivity index (χ4n) is 17.0. The van der Waals surface area contributed by atoms with Gasteiger partial charge >= 0.3 is 6.18 Å². The molecule has 0 bridgehead atoms. The number of nitrogens with zero attached hydrogens (tertiary/aromatic N) is 19. The Labute approximate surface area is 851 Å². The topological polar surface area (TPSA) is 704 Å². The van der Waals surface area contributed by atoms with E-state index in [0.29, 0.717) is 172 Å². The number of pyridine rings is 1. The number of hydrogen-bond acceptors (Lipinski definition) is 38. The molecule has 145 heavy (non-hydrogen) atoms. The van der Waals surface area contributed by atoms with Gasteiger partial charge in [-0.15, -0.1) is 0 Å². The minimum atomic E-state index is -4.48. The molecular weight excluding hydrogens is 2000 g/mol. The SMILES string of the molecule is CC(C)(C)c1cc(CC(=O)N2CCC3(CC2)CN=C(NC(=O)c2nc(Cl)c(N)nc2N)N3)on1.C[C@@H](NC(=O)CCC(=O)N1CCC2(CC1)CN=C(NC(=O)c1nc(Cl)c(N)nc1N)N2)c1ccccc1.Nc1nc(N)c(C(=O)NC2=NCC3(CCN(C(=O)C4CC(=O)N(Cc5ccc(Cl)cc5)C4)CC3)N2)nc1Cl.Nc1nc(N)c(C(=O)NC2=NCC3(CCN(C(=O)c4ccc(OCC(F)(F)F)nc4)CC3)N2)nc1Cl. The van der Waals surface area contributed by atoms with E-state index in [2.05, 4.69) is 123 Å². The Morgan fingerprint density at radius 3 is 1.28 bits per heavy atom. The monoisotopic (exact) mass is 2100 g/mol. The predicted octanol–water partition coefficient (Wildman–Crippen LogP) is 3.92. The van der Waals surface area contributed by atoms with Crippen LogP contribution in [0.2, 0.25) is 25.6 Å². The fourth-order valence-corrected chi connectivity index (χ4v) is 17.7. The highest BCUT2D eigenvalue weighted by Gasteiger charge is 2.47. The number of alkyl halides is 3. The van der Waals surface area contributed by atoms with Crippen LogP contribution in [0.5, 0.6) is 5.88 Å². The van der Waals surface area contributed by atoms with Crippen LogP contribution >= 0.6 is 58.0 Å². The number of nitrogen functional groups attached to an aromatic ring is 8. The van der Waals surface area contributed by atoms with Gasteiger partial charge in [0.05, 0.1) is 78.0 Å². The van der Waals surface area contributed by atoms with Crippen molar-refractivity contribution in [1.29, 1.82) is 0 Å². The third-order valence-electron chi connectivity index (χ3n) is 25.4. The second kappa shape index (κ2) is 44.6. The number of amides is 10. The van der Waals surface area contributed by atoms with Crippen LogP contribution in [0.15, 0.2) is 103 Å². The molecule has 8 aromatic rings. The number of aromatic nitrogens is 10. The second-order valence-corrected chi connectivity index (χ2v) is 38.8. The summed E-state index contributed by atoms with van der Waals surface area (Å²) < 4.78 is 46.7. The van der Waals surface area contributed by atoms with Crippen molar-refractivity contribution in [1.82, 2.24) is 122 Å². The molecule has 770 valence electrons. The van der Waals surface area contributed by atoms with Crippen molar-refractivity contribution in [3.8, 4) is 5.88 Å². The van der Waals surface area contributed by atoms with E-state index < -0.39 is 42.0 Å². The summed E-state index contributed by atoms with van der Waals surface area (Å²) >= 11 is 29.3. The summed E-state index contributed by atoms with van der Waals surface area (Å²) in [6.45, 7) is 13.2. The van der Waals surface area contributed by atoms with Crippen LogP contribution in [0, 0.1) is 5.92 Å². The number of anilines is 8. The van der Waals surface area contributed by atoms with E-state index in [1.54, 1.807) is 26.8 Å². The van der Waals surface area contributed by atoms with Gasteiger partial charge in [-0.2, -0.15) is 13.2 Å². The standard InChI is InChI=1S/C24H27Cl2N9O3.C24H30ClN9O3.C21H28ClN9O3.C20H21ClF3N9O3/c25-15-3-1-13(2-4-15)10-35-11-14(9-16(35)36)22(38)34-7-5-24(6-8-34)12-29-23(33-24)32-21(37)17-19(27)31-20(28)18(26)30-17;1-14(15-5-3-2-4-6-15)29-16(35)7-8-17(36)34-11-9-24(10-12-34)13-28-23(33-24)32-22(37)18-20(26)31-21(27)19(25)30-18;1-20(2,3)12-8-11(34-30-12)9-13(32)31-6-4-21(5-7-31)10-25-19(29-21)28-18(33)14-16(23)27-17(24)15(22)26-14;21-13-15(26)30-14(25)12(29-13)16(34)31-18-28-8-19(32-18)3-5-33(6-4-19)17(35)10-1-2-11(27-7-10)36-9-20(22,23)24/h1-4,14H,5-12H2,(H4,27,28,31)(H2,29,32,33,37);2-6,14H,7-13H2,1H3,(H,29,35)(H4,26,27,31)(H2,28,32,33,37);8H,4-7,9-10H2,1-3H3,(H4,23,24,27)(H2,25,28,29,33);1-2,7H,3-6,8-9H2,(H4,25,26,30)(H2,28,31,32,34)/t;14-;;/m.1../s1. The van der Waals surface area contributed by atoms with Crippen LogP contribution in [0.25, 0.3) is 0 Å². The van der Waals surface area contributed by atoms with Crippen LogP contribution in [0.4, 0.5) is 59.7 Å². The van der Waals surface area contributed by atoms with E-state index in [-0.39, 0.29) is 202 Å². The normalized spacial score (nSPS) is 18.0. The number of aliphatic imine (C=N–C) groups is 4. The van der Waals surface area contributed by atoms with Gasteiger partial charge in [0.1, 0.15) is 5.76 Å². The number of benzene rings is 2. The van der Waals surface area contributed by atoms with Gasteiger partial charge < -0.3 is 106 Å². The molecule has 4 spiro atoms. The molecule has 10 amide bonds. The molecule has 2 aromatic carbocycles. The Hall–Kier alpha value is -14.9. The van der Waals surface area contributed by atoms with E-state index in [0.717, 1.165) is 16.8 Å². The Morgan fingerprint density at radius 2 is 0.897 bits per heavy atom.